The third-order valence-electron chi connectivity index (χ3n) is 8.72. The van der Waals surface area contributed by atoms with Gasteiger partial charge in [0.1, 0.15) is 11.5 Å². The first-order chi connectivity index (χ1) is 18.7. The lowest BCUT2D eigenvalue weighted by Crippen LogP contribution is -2.54. The maximum Gasteiger partial charge on any atom is 0.335 e. The van der Waals surface area contributed by atoms with Gasteiger partial charge in [0.25, 0.3) is 0 Å². The Hall–Kier alpha value is -4.39. The highest BCUT2D eigenvalue weighted by atomic mass is 16.4. The molecule has 0 fully saturated rings. The second-order valence-electron chi connectivity index (χ2n) is 10.9. The van der Waals surface area contributed by atoms with E-state index in [1.165, 1.54) is 0 Å². The smallest absolute Gasteiger partial charge is 0.335 e. The lowest BCUT2D eigenvalue weighted by Gasteiger charge is -2.38. The summed E-state index contributed by atoms with van der Waals surface area (Å²) >= 11 is 0. The molecule has 2 unspecified atom stereocenters. The fraction of sp³-hybridized carbons (Fsp3) is 0.281. The van der Waals surface area contributed by atoms with Crippen LogP contribution in [0, 0.1) is 15.9 Å². The molecule has 3 aliphatic rings. The zero-order valence-electron chi connectivity index (χ0n) is 22.0. The molecule has 7 heteroatoms. The first-order valence-corrected chi connectivity index (χ1v) is 13.2. The minimum Gasteiger partial charge on any atom is -0.481 e. The molecule has 3 aromatic rings. The van der Waals surface area contributed by atoms with Gasteiger partial charge in [-0.1, -0.05) is 42.5 Å². The number of likely N-dealkylation sites (N-methyl/N-ethyl adjacent to an activating group) is 1. The molecular weight excluding hydrogens is 492 g/mol. The zero-order valence-corrected chi connectivity index (χ0v) is 22.0. The molecule has 0 spiro atoms. The Kier molecular flexibility index (Phi) is 5.83. The quantitative estimate of drug-likeness (QED) is 0.486. The van der Waals surface area contributed by atoms with Gasteiger partial charge in [-0.15, -0.1) is 0 Å². The number of hydrogen-bond acceptors (Lipinski definition) is 4. The van der Waals surface area contributed by atoms with Crippen LogP contribution in [0.5, 0.6) is 0 Å². The molecule has 3 N–H and O–H groups in total. The Morgan fingerprint density at radius 1 is 0.974 bits per heavy atom. The predicted molar refractivity (Wildman–Crippen MR) is 147 cm³/mol. The van der Waals surface area contributed by atoms with E-state index in [2.05, 4.69) is 11.4 Å². The number of carboxylic acid groups (broad SMARTS) is 2. The van der Waals surface area contributed by atoms with Gasteiger partial charge in [-0.2, -0.15) is 0 Å². The molecular formula is C32H30N2O5. The van der Waals surface area contributed by atoms with Crippen molar-refractivity contribution in [3.63, 3.8) is 0 Å². The summed E-state index contributed by atoms with van der Waals surface area (Å²) in [7, 11) is 1.72. The number of aromatic carboxylic acids is 1. The maximum atomic E-state index is 13.7. The number of rotatable bonds is 4. The molecule has 0 aromatic heterocycles. The normalized spacial score (nSPS) is 19.2. The summed E-state index contributed by atoms with van der Waals surface area (Å²) in [4.78, 5) is 40.0. The van der Waals surface area contributed by atoms with Crippen LogP contribution in [0.3, 0.4) is 0 Å². The van der Waals surface area contributed by atoms with Gasteiger partial charge in [-0.3, -0.25) is 9.59 Å². The van der Waals surface area contributed by atoms with Gasteiger partial charge in [-0.25, -0.2) is 4.79 Å². The van der Waals surface area contributed by atoms with Crippen LogP contribution < -0.4 is 15.8 Å². The van der Waals surface area contributed by atoms with Gasteiger partial charge in [-0.05, 0) is 93.9 Å². The van der Waals surface area contributed by atoms with E-state index in [0.717, 1.165) is 61.7 Å². The van der Waals surface area contributed by atoms with Crippen molar-refractivity contribution in [2.75, 3.05) is 12.4 Å². The highest BCUT2D eigenvalue weighted by Crippen LogP contribution is 2.41. The second-order valence-corrected chi connectivity index (χ2v) is 10.9. The van der Waals surface area contributed by atoms with E-state index in [4.69, 9.17) is 0 Å². The average molecular weight is 523 g/mol. The molecule has 1 heterocycles. The predicted octanol–water partition coefficient (Wildman–Crippen LogP) is 3.04. The van der Waals surface area contributed by atoms with E-state index in [1.54, 1.807) is 31.0 Å². The molecule has 39 heavy (non-hydrogen) atoms. The molecule has 6 rings (SSSR count). The molecule has 2 aliphatic carbocycles. The van der Waals surface area contributed by atoms with Crippen molar-refractivity contribution in [3.05, 3.63) is 97.7 Å². The summed E-state index contributed by atoms with van der Waals surface area (Å²) in [6.45, 7) is 2.10. The molecule has 0 saturated heterocycles. The fourth-order valence-electron chi connectivity index (χ4n) is 6.57. The summed E-state index contributed by atoms with van der Waals surface area (Å²) in [6, 6.07) is 15.9. The van der Waals surface area contributed by atoms with Crippen molar-refractivity contribution in [2.24, 2.45) is 5.41 Å². The summed E-state index contributed by atoms with van der Waals surface area (Å²) in [6.07, 6.45) is 4.90. The van der Waals surface area contributed by atoms with Crippen LogP contribution in [0.1, 0.15) is 46.8 Å². The summed E-state index contributed by atoms with van der Waals surface area (Å²) < 4.78 is 0. The third-order valence-corrected chi connectivity index (χ3v) is 8.72. The first kappa shape index (κ1) is 24.9. The van der Waals surface area contributed by atoms with Crippen LogP contribution in [-0.4, -0.2) is 46.0 Å². The summed E-state index contributed by atoms with van der Waals surface area (Å²) in [5.74, 6) is -2.23. The van der Waals surface area contributed by atoms with Crippen LogP contribution >= 0.6 is 0 Å². The average Bonchev–Trinajstić information content (AvgIpc) is 3.07. The number of nitrogens with one attached hydrogen (secondary N) is 1. The minimum atomic E-state index is -1.47. The van der Waals surface area contributed by atoms with Gasteiger partial charge < -0.3 is 20.4 Å². The highest BCUT2D eigenvalue weighted by molar-refractivity contribution is 5.99. The Labute approximate surface area is 225 Å². The van der Waals surface area contributed by atoms with Crippen molar-refractivity contribution in [2.45, 2.75) is 45.2 Å². The fourth-order valence-corrected chi connectivity index (χ4v) is 6.57. The van der Waals surface area contributed by atoms with E-state index in [1.807, 2.05) is 42.5 Å². The van der Waals surface area contributed by atoms with Crippen molar-refractivity contribution in [3.8, 4) is 0 Å². The molecule has 1 amide bonds. The largest absolute Gasteiger partial charge is 0.481 e. The lowest BCUT2D eigenvalue weighted by atomic mass is 9.69. The standard InChI is InChI=1S/C32H30N2O5/c1-32(31(38)39,28-29(35)34(2)17-20-6-3-4-9-27(20)33-28)26-8-5-7-22-24-13-10-18-16-19(30(36)37)11-12-21(18)23(24)14-15-25(22)26/h3-4,6,9-12,14-16,28,33H,5,7-8,13,17H2,1-2H3,(H,36,37)(H,38,39). The number of aliphatic carboxylic acids is 1. The molecule has 0 radical (unpaired) electrons. The van der Waals surface area contributed by atoms with Crippen LogP contribution in [-0.2, 0) is 29.0 Å². The minimum absolute atomic E-state index is 0.245. The highest BCUT2D eigenvalue weighted by Gasteiger charge is 2.51. The molecule has 7 nitrogen and oxygen atoms in total. The third kappa shape index (κ3) is 3.83. The van der Waals surface area contributed by atoms with Crippen molar-refractivity contribution in [1.29, 1.82) is 0 Å². The number of amides is 1. The molecule has 0 saturated carbocycles. The van der Waals surface area contributed by atoms with Crippen LogP contribution in [0.15, 0.2) is 54.6 Å². The zero-order chi connectivity index (χ0) is 27.5. The number of carbonyl (C=O) groups excluding carboxylic acids is 1. The SMILES string of the molecule is CN1Cc2ccccc2NC(C(C)(C(=O)O)C2=c3ccc4c(c3CCC2)CC=c2cc(C(=O)O)ccc2=4)C1=O. The Morgan fingerprint density at radius 3 is 2.49 bits per heavy atom. The molecule has 198 valence electrons. The number of anilines is 1. The summed E-state index contributed by atoms with van der Waals surface area (Å²) in [5.41, 5.74) is 3.56. The van der Waals surface area contributed by atoms with Crippen molar-refractivity contribution < 1.29 is 24.6 Å². The van der Waals surface area contributed by atoms with E-state index >= 15 is 0 Å². The van der Waals surface area contributed by atoms with Gasteiger partial charge in [0, 0.05) is 19.3 Å². The molecule has 2 atom stereocenters. The first-order valence-electron chi connectivity index (χ1n) is 13.2. The maximum absolute atomic E-state index is 13.7. The van der Waals surface area contributed by atoms with E-state index < -0.39 is 23.4 Å². The number of carbonyl (C=O) groups is 3. The molecule has 0 bridgehead atoms. The van der Waals surface area contributed by atoms with Gasteiger partial charge in [0.2, 0.25) is 5.91 Å². The van der Waals surface area contributed by atoms with Crippen LogP contribution in [0.4, 0.5) is 5.69 Å². The van der Waals surface area contributed by atoms with E-state index in [0.29, 0.717) is 19.4 Å². The van der Waals surface area contributed by atoms with E-state index in [9.17, 15) is 24.6 Å². The molecule has 1 aliphatic heterocycles. The van der Waals surface area contributed by atoms with E-state index in [-0.39, 0.29) is 11.5 Å². The van der Waals surface area contributed by atoms with Gasteiger partial charge in [0.15, 0.2) is 0 Å². The Bertz CT molecular complexity index is 1790. The topological polar surface area (TPSA) is 107 Å². The van der Waals surface area contributed by atoms with Crippen LogP contribution in [0.2, 0.25) is 0 Å². The number of nitrogens with zero attached hydrogens (tertiary/aromatic N) is 1. The van der Waals surface area contributed by atoms with Crippen LogP contribution in [0.25, 0.3) is 11.6 Å². The lowest BCUT2D eigenvalue weighted by molar-refractivity contribution is -0.149. The van der Waals surface area contributed by atoms with Crippen molar-refractivity contribution >= 4 is 35.2 Å². The monoisotopic (exact) mass is 522 g/mol. The molecule has 3 aromatic carbocycles. The number of para-hydroxylation sites is 1. The number of carboxylic acids is 2. The Balaban J connectivity index is 1.59. The number of fused-ring (bicyclic) bond motifs is 5. The number of hydrogen-bond donors (Lipinski definition) is 3. The number of benzene rings is 3. The Morgan fingerprint density at radius 2 is 1.72 bits per heavy atom. The van der Waals surface area contributed by atoms with Gasteiger partial charge in [0.05, 0.1) is 5.56 Å². The summed E-state index contributed by atoms with van der Waals surface area (Å²) in [5, 5.41) is 27.3. The van der Waals surface area contributed by atoms with Gasteiger partial charge >= 0.3 is 11.9 Å². The second kappa shape index (κ2) is 9.12. The van der Waals surface area contributed by atoms with Crippen molar-refractivity contribution in [1.82, 2.24) is 4.90 Å².